The number of anilines is 1. The maximum absolute atomic E-state index is 12.4. The third-order valence-electron chi connectivity index (χ3n) is 3.76. The lowest BCUT2D eigenvalue weighted by molar-refractivity contribution is 0.0746. The number of piperazine rings is 1. The smallest absolute Gasteiger partial charge is 0.255 e. The fourth-order valence-corrected chi connectivity index (χ4v) is 2.63. The van der Waals surface area contributed by atoms with E-state index in [9.17, 15) is 9.90 Å². The summed E-state index contributed by atoms with van der Waals surface area (Å²) in [7, 11) is 0. The summed E-state index contributed by atoms with van der Waals surface area (Å²) in [6.07, 6.45) is 1.51. The van der Waals surface area contributed by atoms with Crippen LogP contribution in [0.2, 0.25) is 5.15 Å². The maximum Gasteiger partial charge on any atom is 0.255 e. The SMILES string of the molecule is O=C(c1ccc(Cl)nc1)N1CCN(c2ccc(O)cc2)CC1. The first-order valence-corrected chi connectivity index (χ1v) is 7.46. The van der Waals surface area contributed by atoms with Gasteiger partial charge < -0.3 is 14.9 Å². The van der Waals surface area contributed by atoms with Gasteiger partial charge in [-0.15, -0.1) is 0 Å². The number of hydrogen-bond acceptors (Lipinski definition) is 4. The highest BCUT2D eigenvalue weighted by molar-refractivity contribution is 6.29. The Morgan fingerprint density at radius 2 is 1.73 bits per heavy atom. The van der Waals surface area contributed by atoms with Crippen molar-refractivity contribution in [1.82, 2.24) is 9.88 Å². The third-order valence-corrected chi connectivity index (χ3v) is 3.98. The molecule has 1 fully saturated rings. The van der Waals surface area contributed by atoms with E-state index >= 15 is 0 Å². The van der Waals surface area contributed by atoms with Gasteiger partial charge in [-0.25, -0.2) is 4.98 Å². The molecule has 22 heavy (non-hydrogen) atoms. The molecule has 5 nitrogen and oxygen atoms in total. The van der Waals surface area contributed by atoms with E-state index in [1.807, 2.05) is 17.0 Å². The number of hydrogen-bond donors (Lipinski definition) is 1. The number of nitrogens with zero attached hydrogens (tertiary/aromatic N) is 3. The Bertz CT molecular complexity index is 650. The van der Waals surface area contributed by atoms with Gasteiger partial charge in [0.1, 0.15) is 10.9 Å². The van der Waals surface area contributed by atoms with Crippen molar-refractivity contribution in [3.63, 3.8) is 0 Å². The molecule has 1 saturated heterocycles. The van der Waals surface area contributed by atoms with Crippen molar-refractivity contribution in [3.8, 4) is 5.75 Å². The van der Waals surface area contributed by atoms with E-state index < -0.39 is 0 Å². The molecule has 0 bridgehead atoms. The molecule has 1 N–H and O–H groups in total. The van der Waals surface area contributed by atoms with Crippen LogP contribution in [0.5, 0.6) is 5.75 Å². The van der Waals surface area contributed by atoms with Crippen LogP contribution in [0, 0.1) is 0 Å². The zero-order chi connectivity index (χ0) is 15.5. The molecule has 1 aliphatic heterocycles. The summed E-state index contributed by atoms with van der Waals surface area (Å²) in [6.45, 7) is 2.83. The summed E-state index contributed by atoms with van der Waals surface area (Å²) < 4.78 is 0. The zero-order valence-corrected chi connectivity index (χ0v) is 12.7. The van der Waals surface area contributed by atoms with Gasteiger partial charge in [0.15, 0.2) is 0 Å². The number of aromatic hydroxyl groups is 1. The van der Waals surface area contributed by atoms with E-state index in [4.69, 9.17) is 11.6 Å². The van der Waals surface area contributed by atoms with Crippen molar-refractivity contribution in [1.29, 1.82) is 0 Å². The van der Waals surface area contributed by atoms with Gasteiger partial charge in [0.25, 0.3) is 5.91 Å². The number of pyridine rings is 1. The monoisotopic (exact) mass is 317 g/mol. The Morgan fingerprint density at radius 3 is 2.32 bits per heavy atom. The second-order valence-corrected chi connectivity index (χ2v) is 5.55. The predicted octanol–water partition coefficient (Wildman–Crippen LogP) is 2.40. The predicted molar refractivity (Wildman–Crippen MR) is 85.5 cm³/mol. The first-order valence-electron chi connectivity index (χ1n) is 7.08. The molecule has 2 heterocycles. The summed E-state index contributed by atoms with van der Waals surface area (Å²) in [6, 6.07) is 10.4. The molecule has 1 amide bonds. The lowest BCUT2D eigenvalue weighted by Gasteiger charge is -2.36. The van der Waals surface area contributed by atoms with E-state index in [1.165, 1.54) is 6.20 Å². The molecule has 0 aliphatic carbocycles. The number of aromatic nitrogens is 1. The lowest BCUT2D eigenvalue weighted by Crippen LogP contribution is -2.48. The van der Waals surface area contributed by atoms with Crippen LogP contribution in [0.3, 0.4) is 0 Å². The van der Waals surface area contributed by atoms with Crippen LogP contribution in [-0.2, 0) is 0 Å². The molecule has 1 aromatic carbocycles. The van der Waals surface area contributed by atoms with Gasteiger partial charge in [0, 0.05) is 38.1 Å². The van der Waals surface area contributed by atoms with Gasteiger partial charge in [-0.05, 0) is 36.4 Å². The van der Waals surface area contributed by atoms with Crippen LogP contribution >= 0.6 is 11.6 Å². The summed E-state index contributed by atoms with van der Waals surface area (Å²) in [5, 5.41) is 9.71. The Labute approximate surface area is 133 Å². The van der Waals surface area contributed by atoms with Crippen LogP contribution < -0.4 is 4.90 Å². The number of phenols is 1. The molecule has 0 atom stereocenters. The number of carbonyl (C=O) groups is 1. The molecule has 0 unspecified atom stereocenters. The van der Waals surface area contributed by atoms with Crippen LogP contribution in [0.1, 0.15) is 10.4 Å². The molecule has 0 radical (unpaired) electrons. The highest BCUT2D eigenvalue weighted by Gasteiger charge is 2.22. The molecule has 114 valence electrons. The first-order chi connectivity index (χ1) is 10.6. The van der Waals surface area contributed by atoms with Crippen molar-refractivity contribution in [3.05, 3.63) is 53.3 Å². The van der Waals surface area contributed by atoms with Gasteiger partial charge in [0.05, 0.1) is 5.56 Å². The van der Waals surface area contributed by atoms with E-state index in [1.54, 1.807) is 24.3 Å². The van der Waals surface area contributed by atoms with Crippen LogP contribution in [0.25, 0.3) is 0 Å². The number of carbonyl (C=O) groups excluding carboxylic acids is 1. The van der Waals surface area contributed by atoms with E-state index in [-0.39, 0.29) is 11.7 Å². The zero-order valence-electron chi connectivity index (χ0n) is 11.9. The number of halogens is 1. The van der Waals surface area contributed by atoms with Crippen molar-refractivity contribution in [2.24, 2.45) is 0 Å². The first kappa shape index (κ1) is 14.7. The molecule has 2 aromatic rings. The highest BCUT2D eigenvalue weighted by atomic mass is 35.5. The number of benzene rings is 1. The topological polar surface area (TPSA) is 56.7 Å². The van der Waals surface area contributed by atoms with Crippen LogP contribution in [0.4, 0.5) is 5.69 Å². The number of phenolic OH excluding ortho intramolecular Hbond substituents is 1. The molecule has 0 spiro atoms. The normalized spacial score (nSPS) is 15.0. The van der Waals surface area contributed by atoms with Crippen LogP contribution in [0.15, 0.2) is 42.6 Å². The van der Waals surface area contributed by atoms with E-state index in [0.29, 0.717) is 23.8 Å². The summed E-state index contributed by atoms with van der Waals surface area (Å²) in [4.78, 5) is 20.4. The molecule has 3 rings (SSSR count). The minimum Gasteiger partial charge on any atom is -0.508 e. The largest absolute Gasteiger partial charge is 0.508 e. The molecule has 0 saturated carbocycles. The standard InChI is InChI=1S/C16H16ClN3O2/c17-15-6-1-12(11-18-15)16(22)20-9-7-19(8-10-20)13-2-4-14(21)5-3-13/h1-6,11,21H,7-10H2. The number of amides is 1. The van der Waals surface area contributed by atoms with Crippen molar-refractivity contribution >= 4 is 23.2 Å². The molecular formula is C16H16ClN3O2. The second kappa shape index (κ2) is 6.23. The Hall–Kier alpha value is -2.27. The third kappa shape index (κ3) is 3.14. The quantitative estimate of drug-likeness (QED) is 0.864. The molecule has 1 aliphatic rings. The van der Waals surface area contributed by atoms with Crippen molar-refractivity contribution in [2.75, 3.05) is 31.1 Å². The van der Waals surface area contributed by atoms with Crippen molar-refractivity contribution < 1.29 is 9.90 Å². The average molecular weight is 318 g/mol. The van der Waals surface area contributed by atoms with Gasteiger partial charge in [-0.3, -0.25) is 4.79 Å². The molecule has 6 heteroatoms. The average Bonchev–Trinajstić information content (AvgIpc) is 2.56. The van der Waals surface area contributed by atoms with E-state index in [2.05, 4.69) is 9.88 Å². The van der Waals surface area contributed by atoms with Gasteiger partial charge >= 0.3 is 0 Å². The van der Waals surface area contributed by atoms with Crippen molar-refractivity contribution in [2.45, 2.75) is 0 Å². The van der Waals surface area contributed by atoms with Gasteiger partial charge in [-0.2, -0.15) is 0 Å². The Kier molecular flexibility index (Phi) is 4.15. The van der Waals surface area contributed by atoms with Gasteiger partial charge in [0.2, 0.25) is 0 Å². The maximum atomic E-state index is 12.4. The molecule has 1 aromatic heterocycles. The minimum atomic E-state index is -0.0190. The summed E-state index contributed by atoms with van der Waals surface area (Å²) >= 11 is 5.74. The fraction of sp³-hybridized carbons (Fsp3) is 0.250. The molecular weight excluding hydrogens is 302 g/mol. The highest BCUT2D eigenvalue weighted by Crippen LogP contribution is 2.20. The minimum absolute atomic E-state index is 0.0190. The second-order valence-electron chi connectivity index (χ2n) is 5.17. The Balaban J connectivity index is 1.62. The van der Waals surface area contributed by atoms with Gasteiger partial charge in [-0.1, -0.05) is 11.6 Å². The lowest BCUT2D eigenvalue weighted by atomic mass is 10.2. The summed E-state index contributed by atoms with van der Waals surface area (Å²) in [5.41, 5.74) is 1.61. The van der Waals surface area contributed by atoms with Crippen LogP contribution in [-0.4, -0.2) is 47.1 Å². The fourth-order valence-electron chi connectivity index (χ4n) is 2.52. The Morgan fingerprint density at radius 1 is 1.05 bits per heavy atom. The summed E-state index contributed by atoms with van der Waals surface area (Å²) in [5.74, 6) is 0.238. The van der Waals surface area contributed by atoms with E-state index in [0.717, 1.165) is 18.8 Å². The number of rotatable bonds is 2.